The number of amides is 1. The summed E-state index contributed by atoms with van der Waals surface area (Å²) < 4.78 is 12.2. The lowest BCUT2D eigenvalue weighted by atomic mass is 9.47. The quantitative estimate of drug-likeness (QED) is 0.101. The van der Waals surface area contributed by atoms with E-state index in [9.17, 15) is 4.79 Å². The molecule has 0 aromatic rings. The van der Waals surface area contributed by atoms with Gasteiger partial charge in [0.1, 0.15) is 6.10 Å². The maximum atomic E-state index is 13.6. The number of carbonyl (C=O) groups excluding carboxylic acids is 1. The molecular weight excluding hydrogens is 594 g/mol. The number of nitrogens with zero attached hydrogens (tertiary/aromatic N) is 3. The first-order chi connectivity index (χ1) is 22.8. The summed E-state index contributed by atoms with van der Waals surface area (Å²) in [5.74, 6) is 5.12. The van der Waals surface area contributed by atoms with Crippen molar-refractivity contribution in [2.75, 3.05) is 67.6 Å². The highest BCUT2D eigenvalue weighted by molar-refractivity contribution is 5.67. The van der Waals surface area contributed by atoms with E-state index in [0.717, 1.165) is 113 Å². The minimum atomic E-state index is -0.100. The molecule has 4 aliphatic rings. The molecule has 0 heterocycles. The third-order valence-electron chi connectivity index (χ3n) is 13.7. The fourth-order valence-electron chi connectivity index (χ4n) is 10.9. The number of hydrogen-bond acceptors (Lipinski definition) is 5. The molecule has 8 atom stereocenters. The SMILES string of the molecule is CC(C)CCC[C@@H](C)[C@H]1CC[C@H]2[C@@H]3CC=C4C[C@@H](OC(=O)N(CCCCOCCCN(C)C)CCCN(C)C)CC[C@]4(C)C3CC[C@]12C. The van der Waals surface area contributed by atoms with Crippen molar-refractivity contribution in [2.45, 2.75) is 137 Å². The molecule has 3 saturated carbocycles. The van der Waals surface area contributed by atoms with Gasteiger partial charge in [-0.05, 0) is 158 Å². The predicted octanol–water partition coefficient (Wildman–Crippen LogP) is 9.54. The Morgan fingerprint density at radius 1 is 0.812 bits per heavy atom. The van der Waals surface area contributed by atoms with E-state index in [1.807, 2.05) is 4.90 Å². The Balaban J connectivity index is 1.30. The molecular formula is C42H77N3O3. The van der Waals surface area contributed by atoms with Gasteiger partial charge in [0.2, 0.25) is 0 Å². The summed E-state index contributed by atoms with van der Waals surface area (Å²) in [4.78, 5) is 20.0. The number of hydrogen-bond donors (Lipinski definition) is 0. The summed E-state index contributed by atoms with van der Waals surface area (Å²) in [7, 11) is 8.41. The van der Waals surface area contributed by atoms with Gasteiger partial charge < -0.3 is 24.2 Å². The first kappa shape index (κ1) is 39.7. The van der Waals surface area contributed by atoms with E-state index in [1.54, 1.807) is 5.57 Å². The van der Waals surface area contributed by atoms with E-state index < -0.39 is 0 Å². The second kappa shape index (κ2) is 18.4. The average molecular weight is 672 g/mol. The molecule has 6 heteroatoms. The molecule has 4 aliphatic carbocycles. The highest BCUT2D eigenvalue weighted by atomic mass is 16.6. The van der Waals surface area contributed by atoms with Gasteiger partial charge in [-0.2, -0.15) is 0 Å². The van der Waals surface area contributed by atoms with Crippen molar-refractivity contribution in [3.05, 3.63) is 11.6 Å². The van der Waals surface area contributed by atoms with Crippen molar-refractivity contribution in [1.29, 1.82) is 0 Å². The van der Waals surface area contributed by atoms with Crippen LogP contribution in [0.2, 0.25) is 0 Å². The molecule has 0 aliphatic heterocycles. The Morgan fingerprint density at radius 2 is 1.52 bits per heavy atom. The van der Waals surface area contributed by atoms with Crippen LogP contribution in [-0.4, -0.2) is 94.5 Å². The maximum absolute atomic E-state index is 13.6. The molecule has 1 unspecified atom stereocenters. The Bertz CT molecular complexity index is 1010. The summed E-state index contributed by atoms with van der Waals surface area (Å²) >= 11 is 0. The number of rotatable bonds is 19. The highest BCUT2D eigenvalue weighted by Gasteiger charge is 2.59. The normalized spacial score (nSPS) is 32.2. The van der Waals surface area contributed by atoms with Crippen LogP contribution in [0.4, 0.5) is 4.79 Å². The minimum absolute atomic E-state index is 0.0150. The monoisotopic (exact) mass is 672 g/mol. The summed E-state index contributed by atoms with van der Waals surface area (Å²) in [6.45, 7) is 17.7. The minimum Gasteiger partial charge on any atom is -0.446 e. The Kier molecular flexibility index (Phi) is 15.2. The zero-order valence-corrected chi connectivity index (χ0v) is 33.0. The number of fused-ring (bicyclic) bond motifs is 5. The van der Waals surface area contributed by atoms with Gasteiger partial charge in [-0.1, -0.05) is 65.5 Å². The molecule has 48 heavy (non-hydrogen) atoms. The van der Waals surface area contributed by atoms with Crippen LogP contribution in [0.1, 0.15) is 131 Å². The van der Waals surface area contributed by atoms with Crippen LogP contribution in [0.5, 0.6) is 0 Å². The van der Waals surface area contributed by atoms with Crippen molar-refractivity contribution in [3.8, 4) is 0 Å². The summed E-state index contributed by atoms with van der Waals surface area (Å²) in [5.41, 5.74) is 2.42. The Labute approximate surface area is 297 Å². The average Bonchev–Trinajstić information content (AvgIpc) is 3.38. The van der Waals surface area contributed by atoms with Gasteiger partial charge in [0, 0.05) is 32.7 Å². The number of unbranched alkanes of at least 4 members (excludes halogenated alkanes) is 1. The van der Waals surface area contributed by atoms with Crippen LogP contribution in [0, 0.1) is 46.3 Å². The number of carbonyl (C=O) groups is 1. The molecule has 278 valence electrons. The lowest BCUT2D eigenvalue weighted by molar-refractivity contribution is -0.0593. The van der Waals surface area contributed by atoms with Crippen LogP contribution in [0.25, 0.3) is 0 Å². The largest absolute Gasteiger partial charge is 0.446 e. The molecule has 0 radical (unpaired) electrons. The van der Waals surface area contributed by atoms with Crippen molar-refractivity contribution in [1.82, 2.24) is 14.7 Å². The van der Waals surface area contributed by atoms with Crippen LogP contribution < -0.4 is 0 Å². The van der Waals surface area contributed by atoms with E-state index in [4.69, 9.17) is 9.47 Å². The highest BCUT2D eigenvalue weighted by Crippen LogP contribution is 2.67. The molecule has 6 nitrogen and oxygen atoms in total. The van der Waals surface area contributed by atoms with Crippen molar-refractivity contribution < 1.29 is 14.3 Å². The number of allylic oxidation sites excluding steroid dienone is 1. The lowest BCUT2D eigenvalue weighted by Crippen LogP contribution is -2.51. The van der Waals surface area contributed by atoms with Gasteiger partial charge in [0.05, 0.1) is 0 Å². The molecule has 4 rings (SSSR count). The second-order valence-corrected chi connectivity index (χ2v) is 18.2. The standard InChI is InChI=1S/C42H77N3O3/c1-32(2)15-12-16-33(3)37-19-20-38-36-18-17-34-31-35(21-23-41(34,4)39(36)22-24-42(37,38)5)48-40(46)45(28-13-25-43(6)7)27-10-11-29-47-30-14-26-44(8)9/h17,32-33,35-39H,10-16,18-31H2,1-9H3/t33-,35+,36+,37-,38+,39?,41+,42-/m1/s1. The second-order valence-electron chi connectivity index (χ2n) is 18.2. The summed E-state index contributed by atoms with van der Waals surface area (Å²) in [6.07, 6.45) is 20.8. The molecule has 0 aromatic carbocycles. The number of ether oxygens (including phenoxy) is 2. The van der Waals surface area contributed by atoms with E-state index in [-0.39, 0.29) is 17.6 Å². The zero-order valence-electron chi connectivity index (χ0n) is 33.0. The zero-order chi connectivity index (χ0) is 34.9. The molecule has 0 spiro atoms. The Hall–Kier alpha value is -1.11. The smallest absolute Gasteiger partial charge is 0.410 e. The van der Waals surface area contributed by atoms with Crippen molar-refractivity contribution >= 4 is 6.09 Å². The topological polar surface area (TPSA) is 45.2 Å². The van der Waals surface area contributed by atoms with Crippen molar-refractivity contribution in [3.63, 3.8) is 0 Å². The van der Waals surface area contributed by atoms with E-state index in [2.05, 4.69) is 78.7 Å². The van der Waals surface area contributed by atoms with Crippen molar-refractivity contribution in [2.24, 2.45) is 46.3 Å². The van der Waals surface area contributed by atoms with Crippen LogP contribution in [0.15, 0.2) is 11.6 Å². The predicted molar refractivity (Wildman–Crippen MR) is 201 cm³/mol. The van der Waals surface area contributed by atoms with Crippen LogP contribution in [-0.2, 0) is 9.47 Å². The summed E-state index contributed by atoms with van der Waals surface area (Å²) in [6, 6.07) is 0. The van der Waals surface area contributed by atoms with Gasteiger partial charge in [-0.25, -0.2) is 4.79 Å². The van der Waals surface area contributed by atoms with E-state index >= 15 is 0 Å². The van der Waals surface area contributed by atoms with E-state index in [0.29, 0.717) is 5.41 Å². The Morgan fingerprint density at radius 3 is 2.25 bits per heavy atom. The molecule has 3 fully saturated rings. The van der Waals surface area contributed by atoms with Gasteiger partial charge in [-0.15, -0.1) is 0 Å². The van der Waals surface area contributed by atoms with Gasteiger partial charge in [0.25, 0.3) is 0 Å². The van der Waals surface area contributed by atoms with Crippen LogP contribution in [0.3, 0.4) is 0 Å². The molecule has 0 aromatic heterocycles. The van der Waals surface area contributed by atoms with E-state index in [1.165, 1.54) is 57.8 Å². The summed E-state index contributed by atoms with van der Waals surface area (Å²) in [5, 5.41) is 0. The molecule has 0 saturated heterocycles. The maximum Gasteiger partial charge on any atom is 0.410 e. The lowest BCUT2D eigenvalue weighted by Gasteiger charge is -2.58. The molecule has 1 amide bonds. The fraction of sp³-hybridized carbons (Fsp3) is 0.929. The van der Waals surface area contributed by atoms with Gasteiger partial charge >= 0.3 is 6.09 Å². The fourth-order valence-corrected chi connectivity index (χ4v) is 10.9. The first-order valence-electron chi connectivity index (χ1n) is 20.4. The molecule has 0 N–H and O–H groups in total. The van der Waals surface area contributed by atoms with Gasteiger partial charge in [-0.3, -0.25) is 0 Å². The third kappa shape index (κ3) is 10.2. The first-order valence-corrected chi connectivity index (χ1v) is 20.4. The van der Waals surface area contributed by atoms with Gasteiger partial charge in [0.15, 0.2) is 0 Å². The molecule has 0 bridgehead atoms. The van der Waals surface area contributed by atoms with Crippen LogP contribution >= 0.6 is 0 Å². The third-order valence-corrected chi connectivity index (χ3v) is 13.7.